The summed E-state index contributed by atoms with van der Waals surface area (Å²) in [6, 6.07) is 7.98. The van der Waals surface area contributed by atoms with E-state index in [4.69, 9.17) is 5.73 Å². The lowest BCUT2D eigenvalue weighted by molar-refractivity contribution is 1.03. The predicted molar refractivity (Wildman–Crippen MR) is 55.8 cm³/mol. The largest absolute Gasteiger partial charge is 0.399 e. The van der Waals surface area contributed by atoms with Crippen molar-refractivity contribution < 1.29 is 0 Å². The van der Waals surface area contributed by atoms with E-state index >= 15 is 0 Å². The molecule has 0 aliphatic carbocycles. The van der Waals surface area contributed by atoms with Gasteiger partial charge in [0.25, 0.3) is 0 Å². The maximum Gasteiger partial charge on any atom is 0.0331 e. The van der Waals surface area contributed by atoms with Crippen molar-refractivity contribution in [1.29, 1.82) is 0 Å². The normalized spacial score (nSPS) is 10.1. The highest BCUT2D eigenvalue weighted by molar-refractivity contribution is 7.96. The van der Waals surface area contributed by atoms with Gasteiger partial charge in [0.1, 0.15) is 0 Å². The number of nitrogens with two attached hydrogens (primary N) is 1. The minimum absolute atomic E-state index is 0.838. The monoisotopic (exact) mass is 182 g/mol. The molecule has 1 aromatic carbocycles. The summed E-state index contributed by atoms with van der Waals surface area (Å²) in [6.07, 6.45) is 0. The fraction of sp³-hybridized carbons (Fsp3) is 0.333. The van der Waals surface area contributed by atoms with E-state index in [1.165, 1.54) is 5.56 Å². The molecule has 1 rings (SSSR count). The summed E-state index contributed by atoms with van der Waals surface area (Å²) in [5.41, 5.74) is 7.74. The number of anilines is 1. The molecule has 0 amide bonds. The third kappa shape index (κ3) is 3.15. The van der Waals surface area contributed by atoms with Crippen molar-refractivity contribution in [2.24, 2.45) is 0 Å². The Balaban J connectivity index is 2.41. The maximum absolute atomic E-state index is 5.63. The van der Waals surface area contributed by atoms with Crippen molar-refractivity contribution in [3.8, 4) is 0 Å². The number of nitrogens with one attached hydrogen (secondary N) is 1. The molecule has 0 bridgehead atoms. The van der Waals surface area contributed by atoms with Gasteiger partial charge in [0.2, 0.25) is 0 Å². The lowest BCUT2D eigenvalue weighted by Gasteiger charge is -2.01. The molecule has 3 heteroatoms. The molecule has 0 heterocycles. The van der Waals surface area contributed by atoms with E-state index < -0.39 is 0 Å². The number of benzene rings is 1. The minimum Gasteiger partial charge on any atom is -0.399 e. The van der Waals surface area contributed by atoms with E-state index in [9.17, 15) is 0 Å². The van der Waals surface area contributed by atoms with Gasteiger partial charge in [-0.2, -0.15) is 0 Å². The zero-order chi connectivity index (χ0) is 8.81. The smallest absolute Gasteiger partial charge is 0.0331 e. The van der Waals surface area contributed by atoms with Gasteiger partial charge < -0.3 is 5.73 Å². The van der Waals surface area contributed by atoms with E-state index in [1.54, 1.807) is 11.9 Å². The topological polar surface area (TPSA) is 38.0 Å². The van der Waals surface area contributed by atoms with Crippen molar-refractivity contribution in [1.82, 2.24) is 4.72 Å². The highest BCUT2D eigenvalue weighted by Crippen LogP contribution is 2.11. The molecule has 0 atom stereocenters. The van der Waals surface area contributed by atoms with Crippen molar-refractivity contribution in [2.45, 2.75) is 12.7 Å². The second-order valence-corrected chi connectivity index (χ2v) is 3.40. The summed E-state index contributed by atoms with van der Waals surface area (Å²) >= 11 is 1.71. The van der Waals surface area contributed by atoms with Gasteiger partial charge in [-0.15, -0.1) is 0 Å². The zero-order valence-corrected chi connectivity index (χ0v) is 8.03. The number of hydrogen-bond acceptors (Lipinski definition) is 3. The summed E-state index contributed by atoms with van der Waals surface area (Å²) in [7, 11) is 0. The molecule has 12 heavy (non-hydrogen) atoms. The molecule has 0 saturated carbocycles. The Morgan fingerprint density at radius 2 is 2.33 bits per heavy atom. The van der Waals surface area contributed by atoms with Gasteiger partial charge in [0.15, 0.2) is 0 Å². The highest BCUT2D eigenvalue weighted by Gasteiger charge is 1.92. The molecule has 0 radical (unpaired) electrons. The molecular weight excluding hydrogens is 168 g/mol. The van der Waals surface area contributed by atoms with Crippen LogP contribution in [0.5, 0.6) is 0 Å². The fourth-order valence-electron chi connectivity index (χ4n) is 0.919. The second-order valence-electron chi connectivity index (χ2n) is 2.53. The van der Waals surface area contributed by atoms with E-state index in [1.807, 2.05) is 18.2 Å². The van der Waals surface area contributed by atoms with Crippen LogP contribution in [0.2, 0.25) is 0 Å². The molecule has 0 unspecified atom stereocenters. The second kappa shape index (κ2) is 5.06. The van der Waals surface area contributed by atoms with Crippen molar-refractivity contribution in [3.05, 3.63) is 29.8 Å². The molecule has 3 N–H and O–H groups in total. The standard InChI is InChI=1S/C9H14N2S/c1-2-11-12-7-8-4-3-5-9(10)6-8/h3-6,11H,2,7,10H2,1H3. The Morgan fingerprint density at radius 3 is 3.00 bits per heavy atom. The van der Waals surface area contributed by atoms with E-state index in [0.717, 1.165) is 18.0 Å². The van der Waals surface area contributed by atoms with Crippen LogP contribution in [0, 0.1) is 0 Å². The fourth-order valence-corrected chi connectivity index (χ4v) is 1.57. The van der Waals surface area contributed by atoms with Gasteiger partial charge in [-0.1, -0.05) is 31.0 Å². The van der Waals surface area contributed by atoms with Crippen LogP contribution >= 0.6 is 11.9 Å². The van der Waals surface area contributed by atoms with Gasteiger partial charge in [-0.3, -0.25) is 4.72 Å². The molecule has 2 nitrogen and oxygen atoms in total. The molecule has 0 aliphatic rings. The zero-order valence-electron chi connectivity index (χ0n) is 7.21. The Hall–Kier alpha value is -0.670. The third-order valence-corrected chi connectivity index (χ3v) is 2.41. The van der Waals surface area contributed by atoms with Crippen LogP contribution in [0.4, 0.5) is 5.69 Å². The first kappa shape index (κ1) is 9.42. The Labute approximate surface area is 77.7 Å². The number of hydrogen-bond donors (Lipinski definition) is 2. The van der Waals surface area contributed by atoms with Crippen molar-refractivity contribution in [2.75, 3.05) is 12.3 Å². The molecular formula is C9H14N2S. The first-order valence-electron chi connectivity index (χ1n) is 4.02. The van der Waals surface area contributed by atoms with Gasteiger partial charge in [0, 0.05) is 18.0 Å². The molecule has 0 saturated heterocycles. The Morgan fingerprint density at radius 1 is 1.50 bits per heavy atom. The SMILES string of the molecule is CCNSCc1cccc(N)c1. The summed E-state index contributed by atoms with van der Waals surface area (Å²) < 4.78 is 3.19. The van der Waals surface area contributed by atoms with Gasteiger partial charge in [-0.25, -0.2) is 0 Å². The maximum atomic E-state index is 5.63. The summed E-state index contributed by atoms with van der Waals surface area (Å²) in [4.78, 5) is 0. The average molecular weight is 182 g/mol. The van der Waals surface area contributed by atoms with Crippen LogP contribution < -0.4 is 10.5 Å². The Bertz CT molecular complexity index is 238. The van der Waals surface area contributed by atoms with Crippen molar-refractivity contribution >= 4 is 17.6 Å². The van der Waals surface area contributed by atoms with Gasteiger partial charge in [0.05, 0.1) is 0 Å². The highest BCUT2D eigenvalue weighted by atomic mass is 32.2. The van der Waals surface area contributed by atoms with Crippen LogP contribution in [0.3, 0.4) is 0 Å². The number of rotatable bonds is 4. The van der Waals surface area contributed by atoms with Crippen molar-refractivity contribution in [3.63, 3.8) is 0 Å². The van der Waals surface area contributed by atoms with Crippen LogP contribution in [0.25, 0.3) is 0 Å². The molecule has 0 aliphatic heterocycles. The van der Waals surface area contributed by atoms with Crippen LogP contribution in [0.15, 0.2) is 24.3 Å². The quantitative estimate of drug-likeness (QED) is 0.425. The van der Waals surface area contributed by atoms with Crippen LogP contribution in [-0.4, -0.2) is 6.54 Å². The lowest BCUT2D eigenvalue weighted by atomic mass is 10.2. The molecule has 0 aromatic heterocycles. The average Bonchev–Trinajstić information content (AvgIpc) is 2.05. The number of nitrogen functional groups attached to an aromatic ring is 1. The summed E-state index contributed by atoms with van der Waals surface area (Å²) in [5, 5.41) is 0. The van der Waals surface area contributed by atoms with Gasteiger partial charge >= 0.3 is 0 Å². The molecule has 66 valence electrons. The summed E-state index contributed by atoms with van der Waals surface area (Å²) in [5.74, 6) is 0.971. The summed E-state index contributed by atoms with van der Waals surface area (Å²) in [6.45, 7) is 3.08. The first-order chi connectivity index (χ1) is 5.83. The molecule has 0 spiro atoms. The van der Waals surface area contributed by atoms with Crippen LogP contribution in [0.1, 0.15) is 12.5 Å². The van der Waals surface area contributed by atoms with Gasteiger partial charge in [-0.05, 0) is 17.7 Å². The first-order valence-corrected chi connectivity index (χ1v) is 5.00. The molecule has 0 fully saturated rings. The predicted octanol–water partition coefficient (Wildman–Crippen LogP) is 2.03. The Kier molecular flexibility index (Phi) is 3.97. The van der Waals surface area contributed by atoms with E-state index in [2.05, 4.69) is 17.7 Å². The third-order valence-electron chi connectivity index (χ3n) is 1.44. The van der Waals surface area contributed by atoms with E-state index in [0.29, 0.717) is 0 Å². The lowest BCUT2D eigenvalue weighted by Crippen LogP contribution is -2.01. The van der Waals surface area contributed by atoms with E-state index in [-0.39, 0.29) is 0 Å². The van der Waals surface area contributed by atoms with Crippen LogP contribution in [-0.2, 0) is 5.75 Å². The minimum atomic E-state index is 0.838. The molecule has 1 aromatic rings.